The standard InChI is InChI=1S/C29H29N3O9/c1-32(2)22-17-10-12-9-16-15(11-6-13(28(39)41-3)8-14(30)7-11)4-5-18(33)20(16)23(34)19(12)25(36)29(17,40)26(37)21(24(22)35)27(31)38/h4-8,12,17,22,33,35-36,40H,9-10,30H2,1-3H3,(H2,31,38)/t12-,17-,22?,29-/m1/s1. The molecule has 0 aromatic heterocycles. The number of nitrogen functional groups attached to an aromatic ring is 1. The fourth-order valence-corrected chi connectivity index (χ4v) is 6.56. The lowest BCUT2D eigenvalue weighted by Gasteiger charge is -2.50. The molecule has 4 atom stereocenters. The van der Waals surface area contributed by atoms with Crippen LogP contribution in [-0.4, -0.2) is 81.6 Å². The molecule has 0 saturated carbocycles. The lowest BCUT2D eigenvalue weighted by Crippen LogP contribution is -2.63. The van der Waals surface area contributed by atoms with Crippen molar-refractivity contribution in [2.24, 2.45) is 17.6 Å². The van der Waals surface area contributed by atoms with Gasteiger partial charge in [0.1, 0.15) is 22.8 Å². The second-order valence-corrected chi connectivity index (χ2v) is 10.8. The third-order valence-electron chi connectivity index (χ3n) is 8.29. The number of likely N-dealkylation sites (N-methyl/N-ethyl adjacent to an activating group) is 1. The van der Waals surface area contributed by atoms with E-state index < -0.39 is 69.8 Å². The van der Waals surface area contributed by atoms with E-state index in [1.54, 1.807) is 26.2 Å². The molecular formula is C29H29N3O9. The number of allylic oxidation sites excluding steroid dienone is 1. The SMILES string of the molecule is COC(=O)c1cc(N)cc(-c2ccc(O)c3c2C[C@@H]2C[C@@H]4C(N(C)C)C(O)=C(C(N)=O)C(=O)[C@]4(O)C(O)=C2C3=O)c1. The summed E-state index contributed by atoms with van der Waals surface area (Å²) in [4.78, 5) is 53.1. The van der Waals surface area contributed by atoms with Gasteiger partial charge in [-0.3, -0.25) is 19.3 Å². The third kappa shape index (κ3) is 3.90. The molecule has 2 aromatic carbocycles. The number of primary amides is 1. The number of Topliss-reactive ketones (excluding diaryl/α,β-unsaturated/α-hetero) is 2. The number of hydrogen-bond donors (Lipinski definition) is 6. The molecule has 3 aliphatic carbocycles. The maximum Gasteiger partial charge on any atom is 0.337 e. The van der Waals surface area contributed by atoms with Gasteiger partial charge in [0.15, 0.2) is 11.4 Å². The number of methoxy groups -OCH3 is 1. The number of amides is 1. The summed E-state index contributed by atoms with van der Waals surface area (Å²) in [5, 5.41) is 44.8. The number of ether oxygens (including phenoxy) is 1. The largest absolute Gasteiger partial charge is 0.510 e. The van der Waals surface area contributed by atoms with E-state index in [1.165, 1.54) is 30.2 Å². The highest BCUT2D eigenvalue weighted by Gasteiger charge is 2.63. The molecule has 3 aliphatic rings. The Morgan fingerprint density at radius 1 is 1.10 bits per heavy atom. The smallest absolute Gasteiger partial charge is 0.337 e. The van der Waals surface area contributed by atoms with Crippen molar-refractivity contribution >= 4 is 29.1 Å². The van der Waals surface area contributed by atoms with Crippen LogP contribution in [0.5, 0.6) is 5.75 Å². The van der Waals surface area contributed by atoms with Crippen molar-refractivity contribution in [1.29, 1.82) is 0 Å². The molecule has 0 saturated heterocycles. The number of nitrogens with two attached hydrogens (primary N) is 2. The highest BCUT2D eigenvalue weighted by atomic mass is 16.5. The molecule has 0 spiro atoms. The second-order valence-electron chi connectivity index (χ2n) is 10.8. The number of nitrogens with zero attached hydrogens (tertiary/aromatic N) is 1. The van der Waals surface area contributed by atoms with E-state index in [2.05, 4.69) is 0 Å². The molecule has 12 nitrogen and oxygen atoms in total. The maximum atomic E-state index is 13.9. The van der Waals surface area contributed by atoms with Gasteiger partial charge >= 0.3 is 5.97 Å². The van der Waals surface area contributed by atoms with Gasteiger partial charge in [-0.15, -0.1) is 0 Å². The van der Waals surface area contributed by atoms with Crippen LogP contribution in [0.3, 0.4) is 0 Å². The first kappa shape index (κ1) is 27.9. The van der Waals surface area contributed by atoms with Crippen molar-refractivity contribution in [3.8, 4) is 16.9 Å². The van der Waals surface area contributed by atoms with Gasteiger partial charge in [-0.1, -0.05) is 6.07 Å². The number of ketones is 2. The number of aliphatic hydroxyl groups excluding tert-OH is 2. The average Bonchev–Trinajstić information content (AvgIpc) is 2.89. The zero-order valence-corrected chi connectivity index (χ0v) is 22.5. The number of benzene rings is 2. The molecular weight excluding hydrogens is 534 g/mol. The van der Waals surface area contributed by atoms with Crippen LogP contribution in [0.25, 0.3) is 11.1 Å². The molecule has 12 heteroatoms. The topological polar surface area (TPSA) is 214 Å². The normalized spacial score (nSPS) is 25.5. The number of anilines is 1. The van der Waals surface area contributed by atoms with Gasteiger partial charge in [0.25, 0.3) is 5.91 Å². The summed E-state index contributed by atoms with van der Waals surface area (Å²) in [7, 11) is 4.34. The molecule has 1 unspecified atom stereocenters. The van der Waals surface area contributed by atoms with E-state index in [1.807, 2.05) is 0 Å². The number of hydrogen-bond acceptors (Lipinski definition) is 11. The van der Waals surface area contributed by atoms with E-state index in [4.69, 9.17) is 16.2 Å². The minimum atomic E-state index is -2.72. The number of aromatic hydroxyl groups is 1. The van der Waals surface area contributed by atoms with Gasteiger partial charge in [0.2, 0.25) is 5.78 Å². The van der Waals surface area contributed by atoms with Crippen molar-refractivity contribution in [3.05, 3.63) is 69.7 Å². The van der Waals surface area contributed by atoms with Crippen LogP contribution in [-0.2, 0) is 20.7 Å². The summed E-state index contributed by atoms with van der Waals surface area (Å²) >= 11 is 0. The summed E-state index contributed by atoms with van der Waals surface area (Å²) in [5.74, 6) is -7.91. The van der Waals surface area contributed by atoms with E-state index >= 15 is 0 Å². The number of aliphatic hydroxyl groups is 3. The predicted molar refractivity (Wildman–Crippen MR) is 145 cm³/mol. The monoisotopic (exact) mass is 563 g/mol. The summed E-state index contributed by atoms with van der Waals surface area (Å²) < 4.78 is 4.81. The molecule has 8 N–H and O–H groups in total. The Balaban J connectivity index is 1.72. The molecule has 0 radical (unpaired) electrons. The maximum absolute atomic E-state index is 13.9. The summed E-state index contributed by atoms with van der Waals surface area (Å²) in [5.41, 5.74) is 9.21. The fourth-order valence-electron chi connectivity index (χ4n) is 6.56. The first-order valence-corrected chi connectivity index (χ1v) is 12.7. The molecule has 1 amide bonds. The van der Waals surface area contributed by atoms with Crippen molar-refractivity contribution in [2.75, 3.05) is 26.9 Å². The minimum Gasteiger partial charge on any atom is -0.510 e. The van der Waals surface area contributed by atoms with Crippen molar-refractivity contribution in [3.63, 3.8) is 0 Å². The first-order chi connectivity index (χ1) is 19.2. The molecule has 0 aliphatic heterocycles. The third-order valence-corrected chi connectivity index (χ3v) is 8.29. The Morgan fingerprint density at radius 3 is 2.39 bits per heavy atom. The van der Waals surface area contributed by atoms with Crippen LogP contribution in [0.4, 0.5) is 5.69 Å². The summed E-state index contributed by atoms with van der Waals surface area (Å²) in [6.45, 7) is 0. The molecule has 0 fully saturated rings. The van der Waals surface area contributed by atoms with Gasteiger partial charge in [-0.25, -0.2) is 4.79 Å². The summed E-state index contributed by atoms with van der Waals surface area (Å²) in [6.07, 6.45) is 0.0336. The van der Waals surface area contributed by atoms with Gasteiger partial charge in [-0.2, -0.15) is 0 Å². The lowest BCUT2D eigenvalue weighted by molar-refractivity contribution is -0.148. The van der Waals surface area contributed by atoms with Crippen molar-refractivity contribution in [1.82, 2.24) is 4.90 Å². The molecule has 2 aromatic rings. The Labute approximate surface area is 234 Å². The molecule has 214 valence electrons. The molecule has 5 rings (SSSR count). The van der Waals surface area contributed by atoms with E-state index in [0.29, 0.717) is 16.7 Å². The minimum absolute atomic E-state index is 0.0504. The Bertz CT molecular complexity index is 1620. The van der Waals surface area contributed by atoms with E-state index in [-0.39, 0.29) is 35.2 Å². The van der Waals surface area contributed by atoms with E-state index in [0.717, 1.165) is 0 Å². The van der Waals surface area contributed by atoms with Crippen molar-refractivity contribution in [2.45, 2.75) is 24.5 Å². The zero-order valence-electron chi connectivity index (χ0n) is 22.5. The number of fused-ring (bicyclic) bond motifs is 3. The van der Waals surface area contributed by atoms with Gasteiger partial charge in [0, 0.05) is 17.2 Å². The van der Waals surface area contributed by atoms with Crippen LogP contribution < -0.4 is 11.5 Å². The number of esters is 1. The van der Waals surface area contributed by atoms with Gasteiger partial charge in [-0.05, 0) is 73.8 Å². The van der Waals surface area contributed by atoms with Crippen LogP contribution in [0.15, 0.2) is 53.0 Å². The number of carbonyl (C=O) groups is 4. The molecule has 0 bridgehead atoms. The Morgan fingerprint density at radius 2 is 1.78 bits per heavy atom. The van der Waals surface area contributed by atoms with Crippen molar-refractivity contribution < 1.29 is 44.3 Å². The number of phenolic OH excluding ortho intramolecular Hbond substituents is 1. The Kier molecular flexibility index (Phi) is 6.43. The number of carbonyl (C=O) groups excluding carboxylic acids is 4. The summed E-state index contributed by atoms with van der Waals surface area (Å²) in [6, 6.07) is 6.34. The van der Waals surface area contributed by atoms with Crippen LogP contribution in [0.2, 0.25) is 0 Å². The van der Waals surface area contributed by atoms with Gasteiger partial charge in [0.05, 0.1) is 24.3 Å². The van der Waals surface area contributed by atoms with E-state index in [9.17, 15) is 39.6 Å². The highest BCUT2D eigenvalue weighted by Crippen LogP contribution is 2.53. The van der Waals surface area contributed by atoms with Gasteiger partial charge < -0.3 is 36.6 Å². The number of phenols is 1. The number of rotatable bonds is 4. The predicted octanol–water partition coefficient (Wildman–Crippen LogP) is 1.16. The second kappa shape index (κ2) is 9.46. The quantitative estimate of drug-likeness (QED) is 0.176. The Hall–Kier alpha value is -4.68. The van der Waals surface area contributed by atoms with Crippen LogP contribution in [0.1, 0.15) is 32.7 Å². The average molecular weight is 564 g/mol. The lowest BCUT2D eigenvalue weighted by atomic mass is 9.58. The highest BCUT2D eigenvalue weighted by molar-refractivity contribution is 6.25. The van der Waals surface area contributed by atoms with Crippen LogP contribution >= 0.6 is 0 Å². The van der Waals surface area contributed by atoms with Crippen LogP contribution in [0, 0.1) is 11.8 Å². The zero-order chi connectivity index (χ0) is 30.1. The fraction of sp³-hybridized carbons (Fsp3) is 0.310. The molecule has 0 heterocycles. The first-order valence-electron chi connectivity index (χ1n) is 12.7. The molecule has 41 heavy (non-hydrogen) atoms.